The van der Waals surface area contributed by atoms with Crippen LogP contribution in [-0.4, -0.2) is 41.5 Å². The van der Waals surface area contributed by atoms with Crippen molar-refractivity contribution in [1.82, 2.24) is 15.2 Å². The maximum Gasteiger partial charge on any atom is 0.225 e. The van der Waals surface area contributed by atoms with Crippen LogP contribution in [0.1, 0.15) is 17.7 Å². The number of pyridine rings is 1. The van der Waals surface area contributed by atoms with Gasteiger partial charge in [0, 0.05) is 25.7 Å². The standard InChI is InChI=1S/C20H21N3O4/c24-19-10-15(12-23(19)13-16-3-1-2-6-21-16)20(25)22-11-14-4-5-17-18(9-14)27-8-7-26-17/h1-6,9,15H,7-8,10-13H2,(H,22,25). The number of likely N-dealkylation sites (tertiary alicyclic amines) is 1. The zero-order valence-corrected chi connectivity index (χ0v) is 14.9. The third-order valence-electron chi connectivity index (χ3n) is 4.74. The Balaban J connectivity index is 1.32. The molecular formula is C20H21N3O4. The predicted molar refractivity (Wildman–Crippen MR) is 97.0 cm³/mol. The molecule has 1 aromatic carbocycles. The van der Waals surface area contributed by atoms with Gasteiger partial charge in [0.15, 0.2) is 11.5 Å². The number of fused-ring (bicyclic) bond motifs is 1. The van der Waals surface area contributed by atoms with Crippen LogP contribution in [0.5, 0.6) is 11.5 Å². The van der Waals surface area contributed by atoms with E-state index in [1.54, 1.807) is 11.1 Å². The van der Waals surface area contributed by atoms with Gasteiger partial charge in [0.25, 0.3) is 0 Å². The summed E-state index contributed by atoms with van der Waals surface area (Å²) in [6.07, 6.45) is 1.94. The van der Waals surface area contributed by atoms with Crippen LogP contribution in [0.2, 0.25) is 0 Å². The Kier molecular flexibility index (Phi) is 4.91. The van der Waals surface area contributed by atoms with Crippen molar-refractivity contribution in [3.8, 4) is 11.5 Å². The molecule has 0 spiro atoms. The Morgan fingerprint density at radius 1 is 1.19 bits per heavy atom. The Morgan fingerprint density at radius 3 is 2.85 bits per heavy atom. The largest absolute Gasteiger partial charge is 0.486 e. The number of carbonyl (C=O) groups is 2. The molecule has 2 amide bonds. The minimum Gasteiger partial charge on any atom is -0.486 e. The molecule has 1 aromatic heterocycles. The van der Waals surface area contributed by atoms with E-state index in [0.29, 0.717) is 38.6 Å². The van der Waals surface area contributed by atoms with Crippen LogP contribution < -0.4 is 14.8 Å². The van der Waals surface area contributed by atoms with Crippen molar-refractivity contribution in [2.45, 2.75) is 19.5 Å². The number of ether oxygens (including phenoxy) is 2. The molecule has 1 saturated heterocycles. The van der Waals surface area contributed by atoms with E-state index in [9.17, 15) is 9.59 Å². The first-order chi connectivity index (χ1) is 13.2. The molecule has 27 heavy (non-hydrogen) atoms. The fourth-order valence-corrected chi connectivity index (χ4v) is 3.32. The Bertz CT molecular complexity index is 840. The SMILES string of the molecule is O=C(NCc1ccc2c(c1)OCCO2)C1CC(=O)N(Cc2ccccn2)C1. The molecule has 3 heterocycles. The first-order valence-electron chi connectivity index (χ1n) is 9.03. The smallest absolute Gasteiger partial charge is 0.225 e. The molecule has 2 aliphatic heterocycles. The molecule has 7 heteroatoms. The number of hydrogen-bond donors (Lipinski definition) is 1. The van der Waals surface area contributed by atoms with Gasteiger partial charge >= 0.3 is 0 Å². The highest BCUT2D eigenvalue weighted by Gasteiger charge is 2.34. The molecule has 1 N–H and O–H groups in total. The summed E-state index contributed by atoms with van der Waals surface area (Å²) in [6.45, 7) is 2.32. The van der Waals surface area contributed by atoms with Crippen molar-refractivity contribution >= 4 is 11.8 Å². The van der Waals surface area contributed by atoms with Crippen LogP contribution in [0.3, 0.4) is 0 Å². The predicted octanol–water partition coefficient (Wildman–Crippen LogP) is 1.52. The molecule has 140 valence electrons. The summed E-state index contributed by atoms with van der Waals surface area (Å²) in [7, 11) is 0. The number of aromatic nitrogens is 1. The number of nitrogens with zero attached hydrogens (tertiary/aromatic N) is 2. The van der Waals surface area contributed by atoms with E-state index in [2.05, 4.69) is 10.3 Å². The molecule has 7 nitrogen and oxygen atoms in total. The van der Waals surface area contributed by atoms with Crippen LogP contribution in [0, 0.1) is 5.92 Å². The first-order valence-corrected chi connectivity index (χ1v) is 9.03. The molecule has 1 fully saturated rings. The van der Waals surface area contributed by atoms with Crippen molar-refractivity contribution in [2.24, 2.45) is 5.92 Å². The summed E-state index contributed by atoms with van der Waals surface area (Å²) in [5, 5.41) is 2.92. The average molecular weight is 367 g/mol. The fourth-order valence-electron chi connectivity index (χ4n) is 3.32. The highest BCUT2D eigenvalue weighted by Crippen LogP contribution is 2.30. The third-order valence-corrected chi connectivity index (χ3v) is 4.74. The van der Waals surface area contributed by atoms with E-state index in [1.165, 1.54) is 0 Å². The number of benzene rings is 1. The quantitative estimate of drug-likeness (QED) is 0.867. The molecule has 0 radical (unpaired) electrons. The minimum atomic E-state index is -0.335. The topological polar surface area (TPSA) is 80.8 Å². The number of hydrogen-bond acceptors (Lipinski definition) is 5. The van der Waals surface area contributed by atoms with E-state index < -0.39 is 0 Å². The van der Waals surface area contributed by atoms with Crippen LogP contribution in [0.25, 0.3) is 0 Å². The van der Waals surface area contributed by atoms with Crippen LogP contribution in [0.4, 0.5) is 0 Å². The van der Waals surface area contributed by atoms with Crippen LogP contribution in [-0.2, 0) is 22.7 Å². The third kappa shape index (κ3) is 4.02. The van der Waals surface area contributed by atoms with Gasteiger partial charge < -0.3 is 19.7 Å². The lowest BCUT2D eigenvalue weighted by Gasteiger charge is -2.19. The zero-order chi connectivity index (χ0) is 18.6. The van der Waals surface area contributed by atoms with E-state index in [0.717, 1.165) is 17.0 Å². The van der Waals surface area contributed by atoms with Gasteiger partial charge in [0.05, 0.1) is 18.2 Å². The van der Waals surface area contributed by atoms with Gasteiger partial charge in [-0.2, -0.15) is 0 Å². The number of amides is 2. The Hall–Kier alpha value is -3.09. The Labute approximate surface area is 157 Å². The molecule has 1 atom stereocenters. The molecule has 0 bridgehead atoms. The zero-order valence-electron chi connectivity index (χ0n) is 14.9. The lowest BCUT2D eigenvalue weighted by Crippen LogP contribution is -2.32. The second-order valence-corrected chi connectivity index (χ2v) is 6.69. The van der Waals surface area contributed by atoms with Gasteiger partial charge in [-0.1, -0.05) is 12.1 Å². The molecule has 0 saturated carbocycles. The molecule has 0 aliphatic carbocycles. The summed E-state index contributed by atoms with van der Waals surface area (Å²) < 4.78 is 11.1. The van der Waals surface area contributed by atoms with Crippen molar-refractivity contribution in [2.75, 3.05) is 19.8 Å². The second kappa shape index (κ2) is 7.65. The highest BCUT2D eigenvalue weighted by molar-refractivity contribution is 5.89. The van der Waals surface area contributed by atoms with E-state index >= 15 is 0 Å². The molecular weight excluding hydrogens is 346 g/mol. The summed E-state index contributed by atoms with van der Waals surface area (Å²) in [6, 6.07) is 11.2. The fraction of sp³-hybridized carbons (Fsp3) is 0.350. The van der Waals surface area contributed by atoms with Gasteiger partial charge in [0.2, 0.25) is 11.8 Å². The average Bonchev–Trinajstić information content (AvgIpc) is 3.07. The summed E-state index contributed by atoms with van der Waals surface area (Å²) in [4.78, 5) is 30.6. The van der Waals surface area contributed by atoms with E-state index in [4.69, 9.17) is 9.47 Å². The lowest BCUT2D eigenvalue weighted by molar-refractivity contribution is -0.129. The monoisotopic (exact) mass is 367 g/mol. The highest BCUT2D eigenvalue weighted by atomic mass is 16.6. The number of nitrogens with one attached hydrogen (secondary N) is 1. The van der Waals surface area contributed by atoms with Gasteiger partial charge in [-0.05, 0) is 29.8 Å². The van der Waals surface area contributed by atoms with E-state index in [-0.39, 0.29) is 24.2 Å². The van der Waals surface area contributed by atoms with Gasteiger partial charge in [-0.3, -0.25) is 14.6 Å². The summed E-state index contributed by atoms with van der Waals surface area (Å²) >= 11 is 0. The van der Waals surface area contributed by atoms with Crippen molar-refractivity contribution in [3.63, 3.8) is 0 Å². The second-order valence-electron chi connectivity index (χ2n) is 6.69. The summed E-state index contributed by atoms with van der Waals surface area (Å²) in [5.41, 5.74) is 1.76. The number of rotatable bonds is 5. The maximum absolute atomic E-state index is 12.5. The molecule has 2 aromatic rings. The van der Waals surface area contributed by atoms with Gasteiger partial charge in [-0.15, -0.1) is 0 Å². The van der Waals surface area contributed by atoms with Gasteiger partial charge in [0.1, 0.15) is 13.2 Å². The normalized spacial score (nSPS) is 18.4. The minimum absolute atomic E-state index is 0.0138. The molecule has 2 aliphatic rings. The summed E-state index contributed by atoms with van der Waals surface area (Å²) in [5.74, 6) is 0.966. The van der Waals surface area contributed by atoms with E-state index in [1.807, 2.05) is 36.4 Å². The van der Waals surface area contributed by atoms with Crippen LogP contribution in [0.15, 0.2) is 42.6 Å². The Morgan fingerprint density at radius 2 is 2.04 bits per heavy atom. The lowest BCUT2D eigenvalue weighted by atomic mass is 10.1. The molecule has 4 rings (SSSR count). The number of carbonyl (C=O) groups excluding carboxylic acids is 2. The molecule has 1 unspecified atom stereocenters. The maximum atomic E-state index is 12.5. The first kappa shape index (κ1) is 17.3. The van der Waals surface area contributed by atoms with Crippen LogP contribution >= 0.6 is 0 Å². The van der Waals surface area contributed by atoms with Gasteiger partial charge in [-0.25, -0.2) is 0 Å². The van der Waals surface area contributed by atoms with Crippen molar-refractivity contribution in [1.29, 1.82) is 0 Å². The van der Waals surface area contributed by atoms with Crippen molar-refractivity contribution in [3.05, 3.63) is 53.9 Å². The van der Waals surface area contributed by atoms with Crippen molar-refractivity contribution < 1.29 is 19.1 Å².